The van der Waals surface area contributed by atoms with Crippen molar-refractivity contribution in [2.45, 2.75) is 40.5 Å². The maximum atomic E-state index is 2.33. The molecule has 0 heterocycles. The van der Waals surface area contributed by atoms with Crippen LogP contribution in [0.25, 0.3) is 0 Å². The van der Waals surface area contributed by atoms with Crippen LogP contribution in [-0.2, 0) is 0 Å². The first-order chi connectivity index (χ1) is 5.13. The van der Waals surface area contributed by atoms with Gasteiger partial charge in [0.05, 0.1) is 0 Å². The van der Waals surface area contributed by atoms with E-state index in [0.717, 1.165) is 0 Å². The molecule has 0 rings (SSSR count). The molecule has 0 radical (unpaired) electrons. The lowest BCUT2D eigenvalue weighted by Gasteiger charge is -2.21. The third kappa shape index (κ3) is 3.45. The van der Waals surface area contributed by atoms with Crippen molar-refractivity contribution < 1.29 is 0 Å². The molecular weight excluding hydrogens is 134 g/mol. The Morgan fingerprint density at radius 2 is 1.73 bits per heavy atom. The zero-order valence-corrected chi connectivity index (χ0v) is 8.57. The highest BCUT2D eigenvalue weighted by atomic mass is 15.1. The van der Waals surface area contributed by atoms with Crippen molar-refractivity contribution in [1.29, 1.82) is 0 Å². The van der Waals surface area contributed by atoms with Crippen molar-refractivity contribution in [3.8, 4) is 0 Å². The van der Waals surface area contributed by atoms with E-state index >= 15 is 0 Å². The molecule has 0 aliphatic carbocycles. The predicted molar refractivity (Wildman–Crippen MR) is 51.6 cm³/mol. The van der Waals surface area contributed by atoms with E-state index in [-0.39, 0.29) is 0 Å². The molecule has 0 amide bonds. The lowest BCUT2D eigenvalue weighted by molar-refractivity contribution is 0.412. The molecule has 0 bridgehead atoms. The Hall–Kier alpha value is -0.460. The van der Waals surface area contributed by atoms with Crippen LogP contribution in [0.3, 0.4) is 0 Å². The van der Waals surface area contributed by atoms with Crippen LogP contribution in [0.5, 0.6) is 0 Å². The standard InChI is InChI=1S/C10H21N/c1-6-8-11(5)10(4)9(3)7-2/h6-8H2,1-5H3/b10-9-. The fourth-order valence-electron chi connectivity index (χ4n) is 1.08. The summed E-state index contributed by atoms with van der Waals surface area (Å²) in [6, 6.07) is 0. The van der Waals surface area contributed by atoms with Gasteiger partial charge in [0.25, 0.3) is 0 Å². The molecule has 0 aliphatic rings. The Morgan fingerprint density at radius 1 is 1.18 bits per heavy atom. The molecule has 0 saturated heterocycles. The molecule has 0 N–H and O–H groups in total. The molecule has 1 heteroatoms. The van der Waals surface area contributed by atoms with E-state index in [9.17, 15) is 0 Å². The molecular formula is C10H21N. The number of hydrogen-bond acceptors (Lipinski definition) is 1. The Bertz CT molecular complexity index is 136. The summed E-state index contributed by atoms with van der Waals surface area (Å²) in [5.74, 6) is 0. The monoisotopic (exact) mass is 155 g/mol. The summed E-state index contributed by atoms with van der Waals surface area (Å²) in [7, 11) is 2.16. The molecule has 1 nitrogen and oxygen atoms in total. The average Bonchev–Trinajstić information content (AvgIpc) is 2.02. The van der Waals surface area contributed by atoms with Crippen molar-refractivity contribution in [1.82, 2.24) is 4.90 Å². The first kappa shape index (κ1) is 10.5. The fourth-order valence-corrected chi connectivity index (χ4v) is 1.08. The lowest BCUT2D eigenvalue weighted by atomic mass is 10.2. The molecule has 11 heavy (non-hydrogen) atoms. The largest absolute Gasteiger partial charge is 0.378 e. The average molecular weight is 155 g/mol. The van der Waals surface area contributed by atoms with E-state index in [4.69, 9.17) is 0 Å². The molecule has 0 fully saturated rings. The zero-order chi connectivity index (χ0) is 8.85. The molecule has 0 atom stereocenters. The van der Waals surface area contributed by atoms with Crippen molar-refractivity contribution in [3.63, 3.8) is 0 Å². The summed E-state index contributed by atoms with van der Waals surface area (Å²) in [5.41, 5.74) is 2.94. The first-order valence-electron chi connectivity index (χ1n) is 4.50. The van der Waals surface area contributed by atoms with Gasteiger partial charge in [-0.2, -0.15) is 0 Å². The van der Waals surface area contributed by atoms with Gasteiger partial charge < -0.3 is 4.90 Å². The Kier molecular flexibility index (Phi) is 5.01. The van der Waals surface area contributed by atoms with Crippen LogP contribution in [0, 0.1) is 0 Å². The number of hydrogen-bond donors (Lipinski definition) is 0. The molecule has 0 unspecified atom stereocenters. The van der Waals surface area contributed by atoms with Crippen LogP contribution in [0.4, 0.5) is 0 Å². The lowest BCUT2D eigenvalue weighted by Crippen LogP contribution is -2.17. The predicted octanol–water partition coefficient (Wildman–Crippen LogP) is 3.03. The summed E-state index contributed by atoms with van der Waals surface area (Å²) in [4.78, 5) is 2.33. The van der Waals surface area contributed by atoms with Crippen LogP contribution in [-0.4, -0.2) is 18.5 Å². The molecule has 0 saturated carbocycles. The van der Waals surface area contributed by atoms with E-state index in [2.05, 4.69) is 39.6 Å². The number of nitrogens with zero attached hydrogens (tertiary/aromatic N) is 1. The summed E-state index contributed by atoms with van der Waals surface area (Å²) < 4.78 is 0. The quantitative estimate of drug-likeness (QED) is 0.603. The van der Waals surface area contributed by atoms with Crippen LogP contribution in [0.15, 0.2) is 11.3 Å². The summed E-state index contributed by atoms with van der Waals surface area (Å²) in [6.07, 6.45) is 2.39. The molecule has 0 aromatic heterocycles. The van der Waals surface area contributed by atoms with Gasteiger partial charge in [0.2, 0.25) is 0 Å². The highest BCUT2D eigenvalue weighted by molar-refractivity contribution is 5.07. The zero-order valence-electron chi connectivity index (χ0n) is 8.57. The van der Waals surface area contributed by atoms with Gasteiger partial charge in [-0.3, -0.25) is 0 Å². The summed E-state index contributed by atoms with van der Waals surface area (Å²) >= 11 is 0. The summed E-state index contributed by atoms with van der Waals surface area (Å²) in [6.45, 7) is 10.0. The van der Waals surface area contributed by atoms with Gasteiger partial charge in [-0.1, -0.05) is 19.4 Å². The second-order valence-corrected chi connectivity index (χ2v) is 3.14. The first-order valence-corrected chi connectivity index (χ1v) is 4.50. The van der Waals surface area contributed by atoms with E-state index in [1.54, 1.807) is 0 Å². The highest BCUT2D eigenvalue weighted by Crippen LogP contribution is 2.10. The Labute approximate surface area is 71.1 Å². The molecule has 0 aromatic rings. The van der Waals surface area contributed by atoms with E-state index in [0.29, 0.717) is 0 Å². The van der Waals surface area contributed by atoms with Crippen LogP contribution in [0.2, 0.25) is 0 Å². The van der Waals surface area contributed by atoms with Crippen molar-refractivity contribution in [3.05, 3.63) is 11.3 Å². The number of allylic oxidation sites excluding steroid dienone is 2. The van der Waals surface area contributed by atoms with Crippen molar-refractivity contribution >= 4 is 0 Å². The number of rotatable bonds is 4. The molecule has 0 spiro atoms. The van der Waals surface area contributed by atoms with Crippen LogP contribution < -0.4 is 0 Å². The smallest absolute Gasteiger partial charge is 0.0169 e. The van der Waals surface area contributed by atoms with Gasteiger partial charge in [0.1, 0.15) is 0 Å². The maximum Gasteiger partial charge on any atom is 0.0169 e. The normalized spacial score (nSPS) is 12.8. The SMILES string of the molecule is CCCN(C)/C(C)=C(/C)CC. The second-order valence-electron chi connectivity index (χ2n) is 3.14. The van der Waals surface area contributed by atoms with Gasteiger partial charge in [-0.25, -0.2) is 0 Å². The van der Waals surface area contributed by atoms with E-state index in [1.165, 1.54) is 30.7 Å². The third-order valence-corrected chi connectivity index (χ3v) is 2.28. The topological polar surface area (TPSA) is 3.24 Å². The van der Waals surface area contributed by atoms with Gasteiger partial charge in [0, 0.05) is 19.3 Å². The third-order valence-electron chi connectivity index (χ3n) is 2.28. The van der Waals surface area contributed by atoms with Crippen LogP contribution in [0.1, 0.15) is 40.5 Å². The van der Waals surface area contributed by atoms with Gasteiger partial charge >= 0.3 is 0 Å². The van der Waals surface area contributed by atoms with Crippen molar-refractivity contribution in [2.75, 3.05) is 13.6 Å². The minimum Gasteiger partial charge on any atom is -0.378 e. The minimum atomic E-state index is 1.17. The fraction of sp³-hybridized carbons (Fsp3) is 0.800. The van der Waals surface area contributed by atoms with Gasteiger partial charge in [0.15, 0.2) is 0 Å². The van der Waals surface area contributed by atoms with Gasteiger partial charge in [-0.05, 0) is 26.7 Å². The van der Waals surface area contributed by atoms with Crippen LogP contribution >= 0.6 is 0 Å². The summed E-state index contributed by atoms with van der Waals surface area (Å²) in [5, 5.41) is 0. The molecule has 0 aromatic carbocycles. The van der Waals surface area contributed by atoms with E-state index in [1.807, 2.05) is 0 Å². The Balaban J connectivity index is 4.09. The molecule has 66 valence electrons. The van der Waals surface area contributed by atoms with Crippen molar-refractivity contribution in [2.24, 2.45) is 0 Å². The molecule has 0 aliphatic heterocycles. The second kappa shape index (κ2) is 5.22. The van der Waals surface area contributed by atoms with Gasteiger partial charge in [-0.15, -0.1) is 0 Å². The maximum absolute atomic E-state index is 2.33. The Morgan fingerprint density at radius 3 is 2.09 bits per heavy atom. The van der Waals surface area contributed by atoms with E-state index < -0.39 is 0 Å². The minimum absolute atomic E-state index is 1.17. The highest BCUT2D eigenvalue weighted by Gasteiger charge is 1.99.